The first-order chi connectivity index (χ1) is 25.6. The lowest BCUT2D eigenvalue weighted by Gasteiger charge is -2.27. The van der Waals surface area contributed by atoms with Crippen LogP contribution in [0.5, 0.6) is 11.5 Å². The van der Waals surface area contributed by atoms with Crippen molar-refractivity contribution in [2.24, 2.45) is 19.8 Å². The second-order valence-corrected chi connectivity index (χ2v) is 12.1. The van der Waals surface area contributed by atoms with Crippen LogP contribution in [0.2, 0.25) is 0 Å². The van der Waals surface area contributed by atoms with E-state index in [0.29, 0.717) is 55.2 Å². The average molecular weight is 761 g/mol. The van der Waals surface area contributed by atoms with E-state index in [1.54, 1.807) is 31.0 Å². The van der Waals surface area contributed by atoms with Gasteiger partial charge in [-0.15, -0.1) is 12.4 Å². The maximum Gasteiger partial charge on any atom is 0.354 e. The molecule has 4 aromatic heterocycles. The second-order valence-electron chi connectivity index (χ2n) is 12.1. The van der Waals surface area contributed by atoms with E-state index in [4.69, 9.17) is 29.4 Å². The summed E-state index contributed by atoms with van der Waals surface area (Å²) in [5.41, 5.74) is 10.5. The van der Waals surface area contributed by atoms with E-state index in [0.717, 1.165) is 46.6 Å². The standard InChI is InChI=1S/C18H19N5O3.C13H15N3O2.C5H6N2O2.ClH/c1-3-16-21-17(22-26-16)11-4-5-12-13(7-9-25-15(12)10-11)20-18(24)14-6-8-19-23(14)2;1-2-12-15-13(16-18-12)8-3-4-9-10(14)5-6-17-11(9)7-8;1-7-4(5(8)9)2-3-6-7;/h4-6,8,10,13H,3,7,9H2,1-2H3,(H,20,24);3-4,7,10H,2,5-6,14H2,1H3;2-3H,1H3,(H,8,9);1H. The number of carbonyl (C=O) groups excluding carboxylic acids is 1. The van der Waals surface area contributed by atoms with Crippen LogP contribution in [0.1, 0.15) is 82.7 Å². The summed E-state index contributed by atoms with van der Waals surface area (Å²) >= 11 is 0. The molecule has 0 radical (unpaired) electrons. The Morgan fingerprint density at radius 3 is 1.80 bits per heavy atom. The highest BCUT2D eigenvalue weighted by Gasteiger charge is 2.25. The maximum atomic E-state index is 12.5. The third-order valence-corrected chi connectivity index (χ3v) is 8.61. The molecule has 1 amide bonds. The number of nitrogens with two attached hydrogens (primary N) is 1. The van der Waals surface area contributed by atoms with Gasteiger partial charge in [0, 0.05) is 80.5 Å². The molecule has 0 aliphatic carbocycles. The predicted octanol–water partition coefficient (Wildman–Crippen LogP) is 4.91. The topological polar surface area (TPSA) is 224 Å². The molecular weight excluding hydrogens is 720 g/mol. The second kappa shape index (κ2) is 17.6. The van der Waals surface area contributed by atoms with Gasteiger partial charge in [0.05, 0.1) is 19.3 Å². The van der Waals surface area contributed by atoms with Crippen LogP contribution in [0.3, 0.4) is 0 Å². The van der Waals surface area contributed by atoms with Crippen molar-refractivity contribution in [1.29, 1.82) is 0 Å². The Morgan fingerprint density at radius 2 is 1.31 bits per heavy atom. The van der Waals surface area contributed by atoms with Crippen LogP contribution in [-0.4, -0.2) is 70.0 Å². The lowest BCUT2D eigenvalue weighted by Crippen LogP contribution is -2.33. The van der Waals surface area contributed by atoms with Crippen molar-refractivity contribution in [3.63, 3.8) is 0 Å². The average Bonchev–Trinajstić information content (AvgIpc) is 4.00. The normalized spacial score (nSPS) is 15.4. The molecule has 2 unspecified atom stereocenters. The minimum absolute atomic E-state index is 0. The molecule has 17 nitrogen and oxygen atoms in total. The van der Waals surface area contributed by atoms with E-state index in [1.807, 2.05) is 50.2 Å². The molecule has 6 aromatic rings. The quantitative estimate of drug-likeness (QED) is 0.197. The third-order valence-electron chi connectivity index (χ3n) is 8.61. The summed E-state index contributed by atoms with van der Waals surface area (Å²) in [6, 6.07) is 14.7. The number of nitrogens with one attached hydrogen (secondary N) is 1. The van der Waals surface area contributed by atoms with Gasteiger partial charge in [-0.25, -0.2) is 4.79 Å². The summed E-state index contributed by atoms with van der Waals surface area (Å²) in [6.45, 7) is 5.12. The van der Waals surface area contributed by atoms with Crippen LogP contribution in [0, 0.1) is 0 Å². The van der Waals surface area contributed by atoms with Gasteiger partial charge in [0.2, 0.25) is 23.4 Å². The number of ether oxygens (including phenoxy) is 2. The Kier molecular flexibility index (Phi) is 12.8. The highest BCUT2D eigenvalue weighted by molar-refractivity contribution is 5.92. The summed E-state index contributed by atoms with van der Waals surface area (Å²) in [5, 5.41) is 27.1. The van der Waals surface area contributed by atoms with Crippen molar-refractivity contribution in [3.8, 4) is 34.3 Å². The number of aromatic nitrogens is 8. The molecule has 2 aliphatic rings. The number of carboxylic acids is 1. The molecule has 8 rings (SSSR count). The van der Waals surface area contributed by atoms with E-state index >= 15 is 0 Å². The van der Waals surface area contributed by atoms with Crippen molar-refractivity contribution in [3.05, 3.63) is 95.2 Å². The van der Waals surface area contributed by atoms with Crippen LogP contribution in [0.4, 0.5) is 0 Å². The summed E-state index contributed by atoms with van der Waals surface area (Å²) in [5.74, 6) is 2.82. The lowest BCUT2D eigenvalue weighted by molar-refractivity contribution is 0.0684. The summed E-state index contributed by atoms with van der Waals surface area (Å²) < 4.78 is 24.6. The Labute approximate surface area is 316 Å². The van der Waals surface area contributed by atoms with Crippen molar-refractivity contribution < 1.29 is 33.2 Å². The molecule has 0 saturated heterocycles. The number of rotatable bonds is 7. The minimum atomic E-state index is -0.949. The largest absolute Gasteiger partial charge is 0.493 e. The zero-order chi connectivity index (χ0) is 37.5. The molecule has 0 spiro atoms. The smallest absolute Gasteiger partial charge is 0.354 e. The van der Waals surface area contributed by atoms with E-state index in [-0.39, 0.29) is 36.1 Å². The Balaban J connectivity index is 0.000000173. The van der Waals surface area contributed by atoms with Crippen molar-refractivity contribution in [2.75, 3.05) is 13.2 Å². The van der Waals surface area contributed by atoms with Crippen LogP contribution < -0.4 is 20.5 Å². The first kappa shape index (κ1) is 39.1. The van der Waals surface area contributed by atoms with Crippen LogP contribution in [0.15, 0.2) is 70.0 Å². The third kappa shape index (κ3) is 8.92. The zero-order valence-corrected chi connectivity index (χ0v) is 30.9. The molecule has 18 heteroatoms. The van der Waals surface area contributed by atoms with Crippen LogP contribution in [0.25, 0.3) is 22.8 Å². The van der Waals surface area contributed by atoms with Crippen LogP contribution in [-0.2, 0) is 26.9 Å². The number of fused-ring (bicyclic) bond motifs is 2. The number of hydrogen-bond acceptors (Lipinski definition) is 13. The Bertz CT molecular complexity index is 2190. The minimum Gasteiger partial charge on any atom is -0.493 e. The summed E-state index contributed by atoms with van der Waals surface area (Å²) in [7, 11) is 3.33. The fourth-order valence-corrected chi connectivity index (χ4v) is 5.68. The van der Waals surface area contributed by atoms with Gasteiger partial charge in [-0.3, -0.25) is 14.2 Å². The van der Waals surface area contributed by atoms with Gasteiger partial charge in [-0.1, -0.05) is 48.4 Å². The maximum absolute atomic E-state index is 12.5. The van der Waals surface area contributed by atoms with Gasteiger partial charge in [0.1, 0.15) is 22.9 Å². The molecule has 2 atom stereocenters. The van der Waals surface area contributed by atoms with E-state index in [9.17, 15) is 9.59 Å². The number of benzene rings is 2. The van der Waals surface area contributed by atoms with E-state index in [2.05, 4.69) is 35.8 Å². The number of carboxylic acid groups (broad SMARTS) is 1. The van der Waals surface area contributed by atoms with E-state index in [1.165, 1.54) is 16.9 Å². The molecule has 0 fully saturated rings. The Morgan fingerprint density at radius 1 is 0.796 bits per heavy atom. The number of halogens is 1. The van der Waals surface area contributed by atoms with Gasteiger partial charge >= 0.3 is 5.97 Å². The van der Waals surface area contributed by atoms with Crippen molar-refractivity contribution in [1.82, 2.24) is 45.2 Å². The SMILES string of the molecule is CCc1nc(-c2ccc3c(c2)OCCC3N)no1.CCc1nc(-c2ccc3c(c2)OCCC3NC(=O)c2ccnn2C)no1.Cl.Cn1nccc1C(=O)O. The highest BCUT2D eigenvalue weighted by Crippen LogP contribution is 2.36. The van der Waals surface area contributed by atoms with Crippen LogP contribution >= 0.6 is 12.4 Å². The van der Waals surface area contributed by atoms with Gasteiger partial charge in [-0.2, -0.15) is 20.2 Å². The van der Waals surface area contributed by atoms with E-state index < -0.39 is 5.97 Å². The molecule has 0 bridgehead atoms. The number of amides is 1. The summed E-state index contributed by atoms with van der Waals surface area (Å²) in [4.78, 5) is 31.4. The number of carbonyl (C=O) groups is 2. The van der Waals surface area contributed by atoms with Gasteiger partial charge in [0.25, 0.3) is 5.91 Å². The number of hydrogen-bond donors (Lipinski definition) is 3. The fraction of sp³-hybridized carbons (Fsp3) is 0.333. The molecule has 54 heavy (non-hydrogen) atoms. The zero-order valence-electron chi connectivity index (χ0n) is 30.1. The van der Waals surface area contributed by atoms with Crippen molar-refractivity contribution >= 4 is 24.3 Å². The lowest BCUT2D eigenvalue weighted by atomic mass is 9.98. The highest BCUT2D eigenvalue weighted by atomic mass is 35.5. The van der Waals surface area contributed by atoms with Gasteiger partial charge in [0.15, 0.2) is 0 Å². The molecule has 284 valence electrons. The predicted molar refractivity (Wildman–Crippen MR) is 196 cm³/mol. The molecule has 4 N–H and O–H groups in total. The molecule has 0 saturated carbocycles. The molecule has 6 heterocycles. The van der Waals surface area contributed by atoms with Gasteiger partial charge < -0.3 is 34.7 Å². The number of aromatic carboxylic acids is 1. The van der Waals surface area contributed by atoms with Gasteiger partial charge in [-0.05, 0) is 24.3 Å². The van der Waals surface area contributed by atoms with Crippen molar-refractivity contribution in [2.45, 2.75) is 51.6 Å². The monoisotopic (exact) mass is 760 g/mol. The Hall–Kier alpha value is -6.07. The fourth-order valence-electron chi connectivity index (χ4n) is 5.68. The summed E-state index contributed by atoms with van der Waals surface area (Å²) in [6.07, 6.45) is 6.04. The molecular formula is C36H41ClN10O7. The number of nitrogens with zero attached hydrogens (tertiary/aromatic N) is 8. The molecule has 2 aromatic carbocycles. The molecule has 2 aliphatic heterocycles. The first-order valence-corrected chi connectivity index (χ1v) is 17.1. The first-order valence-electron chi connectivity index (χ1n) is 17.1. The number of aryl methyl sites for hydroxylation is 4.